The molecule has 0 aliphatic carbocycles. The van der Waals surface area contributed by atoms with Gasteiger partial charge in [-0.3, -0.25) is 0 Å². The Balaban J connectivity index is 1.42. The van der Waals surface area contributed by atoms with Gasteiger partial charge in [0.1, 0.15) is 11.5 Å². The van der Waals surface area contributed by atoms with Gasteiger partial charge in [0.2, 0.25) is 0 Å². The summed E-state index contributed by atoms with van der Waals surface area (Å²) < 4.78 is 13.2. The number of rotatable bonds is 3. The third-order valence-corrected chi connectivity index (χ3v) is 6.15. The predicted molar refractivity (Wildman–Crippen MR) is 126 cm³/mol. The standard InChI is InChI=1S/C29H22O2/c1-2-8-21(9-3-1)14-16-24-20-23-11-5-7-13-27(23)30-29(24)19-18-26-25-12-6-4-10-22(25)15-17-28(26)31-29/h1-13,15,17-20H,14,16H2. The molecule has 0 saturated heterocycles. The van der Waals surface area contributed by atoms with Gasteiger partial charge in [-0.15, -0.1) is 0 Å². The van der Waals surface area contributed by atoms with E-state index in [2.05, 4.69) is 91.0 Å². The summed E-state index contributed by atoms with van der Waals surface area (Å²) in [5.74, 6) is 0.782. The van der Waals surface area contributed by atoms with Crippen LogP contribution in [0.1, 0.15) is 23.1 Å². The van der Waals surface area contributed by atoms with Crippen LogP contribution in [0.25, 0.3) is 22.9 Å². The predicted octanol–water partition coefficient (Wildman–Crippen LogP) is 7.05. The van der Waals surface area contributed by atoms with Crippen molar-refractivity contribution in [1.29, 1.82) is 0 Å². The summed E-state index contributed by atoms with van der Waals surface area (Å²) in [6.07, 6.45) is 8.26. The lowest BCUT2D eigenvalue weighted by molar-refractivity contribution is -0.0435. The Morgan fingerprint density at radius 2 is 1.42 bits per heavy atom. The van der Waals surface area contributed by atoms with Gasteiger partial charge in [0.25, 0.3) is 5.79 Å². The second-order valence-corrected chi connectivity index (χ2v) is 8.10. The Bertz CT molecular complexity index is 1330. The molecular formula is C29H22O2. The molecule has 31 heavy (non-hydrogen) atoms. The van der Waals surface area contributed by atoms with Gasteiger partial charge in [-0.25, -0.2) is 0 Å². The van der Waals surface area contributed by atoms with Gasteiger partial charge in [0.05, 0.1) is 0 Å². The summed E-state index contributed by atoms with van der Waals surface area (Å²) in [6.45, 7) is 0. The van der Waals surface area contributed by atoms with Crippen molar-refractivity contribution in [3.05, 3.63) is 119 Å². The van der Waals surface area contributed by atoms with Crippen molar-refractivity contribution in [3.63, 3.8) is 0 Å². The first-order valence-electron chi connectivity index (χ1n) is 10.7. The molecule has 1 atom stereocenters. The maximum absolute atomic E-state index is 6.65. The molecule has 0 bridgehead atoms. The molecule has 2 heteroatoms. The van der Waals surface area contributed by atoms with Gasteiger partial charge in [0.15, 0.2) is 0 Å². The smallest absolute Gasteiger partial charge is 0.294 e. The molecule has 2 heterocycles. The van der Waals surface area contributed by atoms with Crippen molar-refractivity contribution < 1.29 is 9.47 Å². The maximum atomic E-state index is 6.65. The molecule has 2 aliphatic heterocycles. The van der Waals surface area contributed by atoms with E-state index in [0.717, 1.165) is 41.0 Å². The van der Waals surface area contributed by atoms with Gasteiger partial charge < -0.3 is 9.47 Å². The van der Waals surface area contributed by atoms with E-state index < -0.39 is 5.79 Å². The van der Waals surface area contributed by atoms with Gasteiger partial charge in [-0.1, -0.05) is 78.9 Å². The van der Waals surface area contributed by atoms with Crippen LogP contribution in [0.4, 0.5) is 0 Å². The number of ether oxygens (including phenoxy) is 2. The van der Waals surface area contributed by atoms with Gasteiger partial charge >= 0.3 is 0 Å². The van der Waals surface area contributed by atoms with Crippen molar-refractivity contribution in [2.75, 3.05) is 0 Å². The van der Waals surface area contributed by atoms with Crippen molar-refractivity contribution >= 4 is 22.9 Å². The summed E-state index contributed by atoms with van der Waals surface area (Å²) in [5.41, 5.74) is 4.64. The number of fused-ring (bicyclic) bond motifs is 4. The Morgan fingerprint density at radius 1 is 0.645 bits per heavy atom. The Hall–Kier alpha value is -3.78. The molecule has 2 aliphatic rings. The maximum Gasteiger partial charge on any atom is 0.294 e. The van der Waals surface area contributed by atoms with E-state index in [4.69, 9.17) is 9.47 Å². The molecule has 4 aromatic carbocycles. The van der Waals surface area contributed by atoms with Gasteiger partial charge in [0, 0.05) is 22.8 Å². The van der Waals surface area contributed by atoms with Crippen LogP contribution in [0.2, 0.25) is 0 Å². The highest BCUT2D eigenvalue weighted by atomic mass is 16.7. The van der Waals surface area contributed by atoms with Crippen molar-refractivity contribution in [2.24, 2.45) is 0 Å². The first-order valence-corrected chi connectivity index (χ1v) is 10.7. The lowest BCUT2D eigenvalue weighted by atomic mass is 9.90. The van der Waals surface area contributed by atoms with E-state index in [9.17, 15) is 0 Å². The zero-order valence-corrected chi connectivity index (χ0v) is 17.1. The van der Waals surface area contributed by atoms with Crippen LogP contribution in [-0.4, -0.2) is 5.79 Å². The minimum absolute atomic E-state index is 0.847. The van der Waals surface area contributed by atoms with E-state index >= 15 is 0 Å². The van der Waals surface area contributed by atoms with E-state index in [-0.39, 0.29) is 0 Å². The molecule has 0 fully saturated rings. The second-order valence-electron chi connectivity index (χ2n) is 8.10. The Kier molecular flexibility index (Phi) is 4.17. The molecule has 1 unspecified atom stereocenters. The van der Waals surface area contributed by atoms with Crippen LogP contribution in [0.5, 0.6) is 11.5 Å². The number of hydrogen-bond donors (Lipinski definition) is 0. The molecule has 0 aromatic heterocycles. The van der Waals surface area contributed by atoms with Crippen LogP contribution < -0.4 is 9.47 Å². The fourth-order valence-corrected chi connectivity index (χ4v) is 4.53. The van der Waals surface area contributed by atoms with Crippen molar-refractivity contribution in [3.8, 4) is 11.5 Å². The molecule has 150 valence electrons. The van der Waals surface area contributed by atoms with E-state index in [0.29, 0.717) is 0 Å². The Morgan fingerprint density at radius 3 is 2.35 bits per heavy atom. The third kappa shape index (κ3) is 3.12. The van der Waals surface area contributed by atoms with Crippen molar-refractivity contribution in [2.45, 2.75) is 18.6 Å². The van der Waals surface area contributed by atoms with Crippen molar-refractivity contribution in [1.82, 2.24) is 0 Å². The molecule has 0 saturated carbocycles. The lowest BCUT2D eigenvalue weighted by Gasteiger charge is -2.40. The van der Waals surface area contributed by atoms with Gasteiger partial charge in [-0.05, 0) is 53.5 Å². The van der Waals surface area contributed by atoms with E-state index in [1.54, 1.807) is 0 Å². The topological polar surface area (TPSA) is 18.5 Å². The number of aryl methyl sites for hydroxylation is 1. The molecule has 4 aromatic rings. The minimum atomic E-state index is -0.918. The second kappa shape index (κ2) is 7.17. The highest BCUT2D eigenvalue weighted by Gasteiger charge is 2.42. The number of para-hydroxylation sites is 1. The molecule has 1 spiro atoms. The van der Waals surface area contributed by atoms with E-state index in [1.165, 1.54) is 16.3 Å². The number of hydrogen-bond acceptors (Lipinski definition) is 2. The fraction of sp³-hybridized carbons (Fsp3) is 0.103. The molecule has 2 nitrogen and oxygen atoms in total. The Labute approximate surface area is 182 Å². The van der Waals surface area contributed by atoms with Crippen LogP contribution in [-0.2, 0) is 6.42 Å². The van der Waals surface area contributed by atoms with Crippen LogP contribution in [0.3, 0.4) is 0 Å². The molecule has 0 radical (unpaired) electrons. The minimum Gasteiger partial charge on any atom is -0.444 e. The van der Waals surface area contributed by atoms with Crippen LogP contribution >= 0.6 is 0 Å². The molecular weight excluding hydrogens is 380 g/mol. The summed E-state index contributed by atoms with van der Waals surface area (Å²) in [4.78, 5) is 0. The molecule has 6 rings (SSSR count). The molecule has 0 N–H and O–H groups in total. The largest absolute Gasteiger partial charge is 0.444 e. The summed E-state index contributed by atoms with van der Waals surface area (Å²) in [6, 6.07) is 31.3. The quantitative estimate of drug-likeness (QED) is 0.365. The highest BCUT2D eigenvalue weighted by Crippen LogP contribution is 2.44. The summed E-state index contributed by atoms with van der Waals surface area (Å²) in [5, 5.41) is 2.40. The zero-order valence-electron chi connectivity index (χ0n) is 17.1. The third-order valence-electron chi connectivity index (χ3n) is 6.15. The lowest BCUT2D eigenvalue weighted by Crippen LogP contribution is -2.45. The van der Waals surface area contributed by atoms with Gasteiger partial charge in [-0.2, -0.15) is 0 Å². The first-order chi connectivity index (χ1) is 15.3. The zero-order chi connectivity index (χ0) is 20.7. The molecule has 0 amide bonds. The van der Waals surface area contributed by atoms with E-state index in [1.807, 2.05) is 18.2 Å². The highest BCUT2D eigenvalue weighted by molar-refractivity contribution is 5.94. The fourth-order valence-electron chi connectivity index (χ4n) is 4.53. The van der Waals surface area contributed by atoms with Crippen LogP contribution in [0, 0.1) is 0 Å². The first kappa shape index (κ1) is 18.0. The summed E-state index contributed by atoms with van der Waals surface area (Å²) in [7, 11) is 0. The average molecular weight is 402 g/mol. The normalized spacial score (nSPS) is 18.6. The monoisotopic (exact) mass is 402 g/mol. The SMILES string of the molecule is C1=CC2(Oc3ccccc3C=C2CCc2ccccc2)Oc2ccc3ccccc3c21. The number of benzene rings is 4. The van der Waals surface area contributed by atoms with Crippen LogP contribution in [0.15, 0.2) is 103 Å². The average Bonchev–Trinajstić information content (AvgIpc) is 2.83. The summed E-state index contributed by atoms with van der Waals surface area (Å²) >= 11 is 0.